The predicted molar refractivity (Wildman–Crippen MR) is 146 cm³/mol. The van der Waals surface area contributed by atoms with E-state index in [4.69, 9.17) is 4.98 Å². The highest BCUT2D eigenvalue weighted by Gasteiger charge is 2.18. The topological polar surface area (TPSA) is 109 Å². The minimum absolute atomic E-state index is 0.425. The molecule has 0 unspecified atom stereocenters. The number of rotatable bonds is 7. The van der Waals surface area contributed by atoms with Crippen LogP contribution in [0, 0.1) is 0 Å². The molecule has 4 aromatic rings. The van der Waals surface area contributed by atoms with Gasteiger partial charge in [-0.1, -0.05) is 12.1 Å². The van der Waals surface area contributed by atoms with E-state index in [1.54, 1.807) is 18.3 Å². The zero-order valence-electron chi connectivity index (χ0n) is 20.6. The fourth-order valence-corrected chi connectivity index (χ4v) is 4.72. The number of anilines is 6. The Bertz CT molecular complexity index is 1460. The molecule has 0 radical (unpaired) electrons. The second kappa shape index (κ2) is 9.67. The van der Waals surface area contributed by atoms with E-state index in [9.17, 15) is 8.42 Å². The molecule has 2 aromatic heterocycles. The number of aromatic amines is 1. The van der Waals surface area contributed by atoms with Crippen molar-refractivity contribution in [2.24, 2.45) is 0 Å². The van der Waals surface area contributed by atoms with Crippen LogP contribution in [0.5, 0.6) is 0 Å². The third-order valence-corrected chi connectivity index (χ3v) is 7.59. The number of aromatic nitrogens is 3. The van der Waals surface area contributed by atoms with Crippen LogP contribution in [0.15, 0.2) is 60.8 Å². The van der Waals surface area contributed by atoms with E-state index in [-0.39, 0.29) is 0 Å². The van der Waals surface area contributed by atoms with Crippen LogP contribution in [0.2, 0.25) is 0 Å². The lowest BCUT2D eigenvalue weighted by Gasteiger charge is -2.34. The zero-order valence-corrected chi connectivity index (χ0v) is 21.4. The third kappa shape index (κ3) is 5.07. The highest BCUT2D eigenvalue weighted by molar-refractivity contribution is 7.92. The van der Waals surface area contributed by atoms with Gasteiger partial charge in [-0.25, -0.2) is 8.42 Å². The standard InChI is InChI=1S/C25H30N8O2S/c1-31-14-16-33(17-15-31)19-10-8-18(9-11-19)27-25-29-23-20(12-13-26-23)24(30-25)28-21-6-4-5-7-22(21)32(2)36(3,34)35/h4-13H,14-17H2,1-3H3,(H3,26,27,28,29,30). The SMILES string of the molecule is CN1CCN(c2ccc(Nc3nc(Nc4ccccc4N(C)S(C)(=O)=O)c4cc[nH]c4n3)cc2)CC1. The molecule has 188 valence electrons. The Labute approximate surface area is 211 Å². The van der Waals surface area contributed by atoms with Gasteiger partial charge >= 0.3 is 0 Å². The van der Waals surface area contributed by atoms with Crippen LogP contribution >= 0.6 is 0 Å². The average molecular weight is 507 g/mol. The van der Waals surface area contributed by atoms with Crippen LogP contribution in [0.1, 0.15) is 0 Å². The molecule has 3 heterocycles. The maximum Gasteiger partial charge on any atom is 0.232 e. The maximum absolute atomic E-state index is 12.2. The summed E-state index contributed by atoms with van der Waals surface area (Å²) in [6.45, 7) is 4.15. The van der Waals surface area contributed by atoms with Crippen molar-refractivity contribution in [3.63, 3.8) is 0 Å². The summed E-state index contributed by atoms with van der Waals surface area (Å²) in [5.41, 5.74) is 3.88. The zero-order chi connectivity index (χ0) is 25.3. The number of fused-ring (bicyclic) bond motifs is 1. The van der Waals surface area contributed by atoms with Crippen molar-refractivity contribution < 1.29 is 8.42 Å². The van der Waals surface area contributed by atoms with Gasteiger partial charge in [-0.2, -0.15) is 9.97 Å². The van der Waals surface area contributed by atoms with Crippen molar-refractivity contribution >= 4 is 55.6 Å². The minimum Gasteiger partial charge on any atom is -0.369 e. The van der Waals surface area contributed by atoms with E-state index < -0.39 is 10.0 Å². The molecule has 11 heteroatoms. The number of para-hydroxylation sites is 2. The number of hydrogen-bond donors (Lipinski definition) is 3. The Morgan fingerprint density at radius 1 is 0.944 bits per heavy atom. The van der Waals surface area contributed by atoms with E-state index in [0.717, 1.165) is 37.3 Å². The Hall–Kier alpha value is -3.83. The number of piperazine rings is 1. The fourth-order valence-electron chi connectivity index (χ4n) is 4.20. The molecule has 0 spiro atoms. The Morgan fingerprint density at radius 3 is 2.39 bits per heavy atom. The number of nitrogens with one attached hydrogen (secondary N) is 3. The number of hydrogen-bond acceptors (Lipinski definition) is 8. The summed E-state index contributed by atoms with van der Waals surface area (Å²) in [6.07, 6.45) is 2.98. The smallest absolute Gasteiger partial charge is 0.232 e. The predicted octanol–water partition coefficient (Wildman–Crippen LogP) is 3.59. The lowest BCUT2D eigenvalue weighted by atomic mass is 10.2. The second-order valence-corrected chi connectivity index (χ2v) is 11.0. The molecule has 0 atom stereocenters. The van der Waals surface area contributed by atoms with Crippen molar-refractivity contribution in [2.45, 2.75) is 0 Å². The van der Waals surface area contributed by atoms with E-state index in [2.05, 4.69) is 49.6 Å². The van der Waals surface area contributed by atoms with Gasteiger partial charge in [0.2, 0.25) is 16.0 Å². The second-order valence-electron chi connectivity index (χ2n) is 8.97. The van der Waals surface area contributed by atoms with E-state index in [1.165, 1.54) is 23.3 Å². The molecule has 36 heavy (non-hydrogen) atoms. The number of sulfonamides is 1. The van der Waals surface area contributed by atoms with Gasteiger partial charge in [0, 0.05) is 50.8 Å². The molecule has 1 aliphatic heterocycles. The normalized spacial score (nSPS) is 14.7. The summed E-state index contributed by atoms with van der Waals surface area (Å²) in [6, 6.07) is 17.4. The Kier molecular flexibility index (Phi) is 6.42. The molecule has 1 fully saturated rings. The first-order valence-electron chi connectivity index (χ1n) is 11.7. The van der Waals surface area contributed by atoms with Gasteiger partial charge in [0.25, 0.3) is 0 Å². The highest BCUT2D eigenvalue weighted by atomic mass is 32.2. The number of nitrogens with zero attached hydrogens (tertiary/aromatic N) is 5. The molecule has 2 aromatic carbocycles. The van der Waals surface area contributed by atoms with Crippen LogP contribution in [-0.4, -0.2) is 74.8 Å². The quantitative estimate of drug-likeness (QED) is 0.349. The van der Waals surface area contributed by atoms with Crippen LogP contribution in [0.3, 0.4) is 0 Å². The number of H-pyrrole nitrogens is 1. The van der Waals surface area contributed by atoms with Gasteiger partial charge < -0.3 is 25.4 Å². The van der Waals surface area contributed by atoms with Crippen LogP contribution < -0.4 is 19.8 Å². The van der Waals surface area contributed by atoms with Gasteiger partial charge in [-0.05, 0) is 49.5 Å². The molecule has 0 aliphatic carbocycles. The van der Waals surface area contributed by atoms with Gasteiger partial charge in [-0.3, -0.25) is 4.31 Å². The number of likely N-dealkylation sites (N-methyl/N-ethyl adjacent to an activating group) is 1. The van der Waals surface area contributed by atoms with Crippen LogP contribution in [0.25, 0.3) is 11.0 Å². The van der Waals surface area contributed by atoms with E-state index in [0.29, 0.717) is 28.8 Å². The van der Waals surface area contributed by atoms with Crippen molar-refractivity contribution in [3.05, 3.63) is 60.8 Å². The molecular formula is C25H30N8O2S. The van der Waals surface area contributed by atoms with Gasteiger partial charge in [-0.15, -0.1) is 0 Å². The maximum atomic E-state index is 12.2. The first-order valence-corrected chi connectivity index (χ1v) is 13.6. The third-order valence-electron chi connectivity index (χ3n) is 6.40. The number of benzene rings is 2. The van der Waals surface area contributed by atoms with Crippen molar-refractivity contribution in [3.8, 4) is 0 Å². The summed E-state index contributed by atoms with van der Waals surface area (Å²) in [7, 11) is 0.249. The Morgan fingerprint density at radius 2 is 1.67 bits per heavy atom. The summed E-state index contributed by atoms with van der Waals surface area (Å²) in [5.74, 6) is 0.987. The molecule has 0 bridgehead atoms. The van der Waals surface area contributed by atoms with Gasteiger partial charge in [0.05, 0.1) is 23.0 Å². The first-order chi connectivity index (χ1) is 17.3. The van der Waals surface area contributed by atoms with Gasteiger partial charge in [0.1, 0.15) is 11.5 Å². The monoisotopic (exact) mass is 506 g/mol. The summed E-state index contributed by atoms with van der Waals surface area (Å²) in [5, 5.41) is 7.40. The summed E-state index contributed by atoms with van der Waals surface area (Å²) >= 11 is 0. The van der Waals surface area contributed by atoms with Crippen molar-refractivity contribution in [2.75, 3.05) is 66.4 Å². The fraction of sp³-hybridized carbons (Fsp3) is 0.280. The lowest BCUT2D eigenvalue weighted by Crippen LogP contribution is -2.44. The molecule has 10 nitrogen and oxygen atoms in total. The van der Waals surface area contributed by atoms with Crippen molar-refractivity contribution in [1.29, 1.82) is 0 Å². The molecule has 5 rings (SSSR count). The van der Waals surface area contributed by atoms with E-state index >= 15 is 0 Å². The molecule has 1 saturated heterocycles. The molecule has 0 amide bonds. The lowest BCUT2D eigenvalue weighted by molar-refractivity contribution is 0.313. The summed E-state index contributed by atoms with van der Waals surface area (Å²) < 4.78 is 25.6. The Balaban J connectivity index is 1.40. The van der Waals surface area contributed by atoms with Crippen LogP contribution in [0.4, 0.5) is 34.5 Å². The average Bonchev–Trinajstić information content (AvgIpc) is 3.33. The summed E-state index contributed by atoms with van der Waals surface area (Å²) in [4.78, 5) is 17.2. The minimum atomic E-state index is -3.43. The first kappa shape index (κ1) is 23.9. The molecule has 1 aliphatic rings. The highest BCUT2D eigenvalue weighted by Crippen LogP contribution is 2.32. The largest absolute Gasteiger partial charge is 0.369 e. The van der Waals surface area contributed by atoms with E-state index in [1.807, 2.05) is 30.3 Å². The molecule has 3 N–H and O–H groups in total. The van der Waals surface area contributed by atoms with Crippen molar-refractivity contribution in [1.82, 2.24) is 19.9 Å². The molecular weight excluding hydrogens is 476 g/mol. The van der Waals surface area contributed by atoms with Crippen LogP contribution in [-0.2, 0) is 10.0 Å². The molecule has 0 saturated carbocycles. The van der Waals surface area contributed by atoms with Gasteiger partial charge in [0.15, 0.2) is 0 Å².